The first kappa shape index (κ1) is 14.7. The van der Waals surface area contributed by atoms with Gasteiger partial charge in [-0.1, -0.05) is 17.7 Å². The molecule has 1 aromatic heterocycles. The van der Waals surface area contributed by atoms with Crippen molar-refractivity contribution >= 4 is 34.0 Å². The molecule has 6 heteroatoms. The Morgan fingerprint density at radius 2 is 2.05 bits per heavy atom. The van der Waals surface area contributed by atoms with Crippen LogP contribution in [0.3, 0.4) is 0 Å². The highest BCUT2D eigenvalue weighted by Crippen LogP contribution is 2.27. The lowest BCUT2D eigenvalue weighted by molar-refractivity contribution is -0.122. The van der Waals surface area contributed by atoms with E-state index in [0.29, 0.717) is 6.54 Å². The summed E-state index contributed by atoms with van der Waals surface area (Å²) in [5.74, 6) is -0.452. The summed E-state index contributed by atoms with van der Waals surface area (Å²) in [6.45, 7) is 4.30. The van der Waals surface area contributed by atoms with Gasteiger partial charge in [-0.2, -0.15) is 4.37 Å². The smallest absolute Gasteiger partial charge is 0.230 e. The summed E-state index contributed by atoms with van der Waals surface area (Å²) in [6, 6.07) is 9.60. The van der Waals surface area contributed by atoms with Crippen LogP contribution in [0.2, 0.25) is 0 Å². The van der Waals surface area contributed by atoms with Gasteiger partial charge in [-0.05, 0) is 43.6 Å². The molecule has 1 atom stereocenters. The van der Waals surface area contributed by atoms with Gasteiger partial charge in [0.2, 0.25) is 11.8 Å². The van der Waals surface area contributed by atoms with E-state index in [1.807, 2.05) is 44.2 Å². The van der Waals surface area contributed by atoms with Crippen molar-refractivity contribution in [3.63, 3.8) is 0 Å². The maximum atomic E-state index is 12.3. The predicted octanol–water partition coefficient (Wildman–Crippen LogP) is 2.75. The van der Waals surface area contributed by atoms with E-state index in [2.05, 4.69) is 9.69 Å². The fourth-order valence-corrected chi connectivity index (χ4v) is 3.17. The number of nitrogens with one attached hydrogen (secondary N) is 1. The Morgan fingerprint density at radius 3 is 2.68 bits per heavy atom. The van der Waals surface area contributed by atoms with E-state index >= 15 is 0 Å². The fourth-order valence-electron chi connectivity index (χ4n) is 2.50. The number of hydrogen-bond donors (Lipinski definition) is 1. The second kappa shape index (κ2) is 5.88. The highest BCUT2D eigenvalue weighted by molar-refractivity contribution is 7.10. The molecule has 2 amide bonds. The lowest BCUT2D eigenvalue weighted by atomic mass is 10.1. The first-order valence-corrected chi connectivity index (χ1v) is 7.91. The molecule has 0 radical (unpaired) electrons. The van der Waals surface area contributed by atoms with Gasteiger partial charge in [0.25, 0.3) is 0 Å². The SMILES string of the molecule is Cc1ccc(N2CC(C(=O)Nc3cc(C)ns3)CC2=O)cc1. The maximum Gasteiger partial charge on any atom is 0.230 e. The average Bonchev–Trinajstić information content (AvgIpc) is 3.06. The van der Waals surface area contributed by atoms with Gasteiger partial charge in [0.15, 0.2) is 0 Å². The Balaban J connectivity index is 1.68. The summed E-state index contributed by atoms with van der Waals surface area (Å²) in [6.07, 6.45) is 0.248. The van der Waals surface area contributed by atoms with Gasteiger partial charge in [-0.25, -0.2) is 0 Å². The number of aryl methyl sites for hydroxylation is 2. The zero-order valence-corrected chi connectivity index (χ0v) is 13.3. The summed E-state index contributed by atoms with van der Waals surface area (Å²) in [7, 11) is 0. The summed E-state index contributed by atoms with van der Waals surface area (Å²) >= 11 is 1.26. The van der Waals surface area contributed by atoms with Gasteiger partial charge in [-0.15, -0.1) is 0 Å². The van der Waals surface area contributed by atoms with Crippen LogP contribution in [0.15, 0.2) is 30.3 Å². The van der Waals surface area contributed by atoms with E-state index < -0.39 is 0 Å². The van der Waals surface area contributed by atoms with E-state index in [1.54, 1.807) is 4.90 Å². The number of aromatic nitrogens is 1. The minimum Gasteiger partial charge on any atom is -0.316 e. The van der Waals surface area contributed by atoms with Crippen LogP contribution in [0, 0.1) is 19.8 Å². The largest absolute Gasteiger partial charge is 0.316 e. The molecule has 2 aromatic rings. The van der Waals surface area contributed by atoms with Gasteiger partial charge < -0.3 is 10.2 Å². The van der Waals surface area contributed by atoms with Crippen LogP contribution in [0.1, 0.15) is 17.7 Å². The van der Waals surface area contributed by atoms with Crippen LogP contribution in [-0.4, -0.2) is 22.7 Å². The molecular formula is C16H17N3O2S. The van der Waals surface area contributed by atoms with Gasteiger partial charge >= 0.3 is 0 Å². The molecular weight excluding hydrogens is 298 g/mol. The van der Waals surface area contributed by atoms with Crippen molar-refractivity contribution in [3.05, 3.63) is 41.6 Å². The molecule has 1 unspecified atom stereocenters. The van der Waals surface area contributed by atoms with Crippen LogP contribution in [0.5, 0.6) is 0 Å². The predicted molar refractivity (Wildman–Crippen MR) is 87.1 cm³/mol. The molecule has 0 saturated carbocycles. The highest BCUT2D eigenvalue weighted by Gasteiger charge is 2.35. The van der Waals surface area contributed by atoms with E-state index in [4.69, 9.17) is 0 Å². The molecule has 1 aliphatic rings. The normalized spacial score (nSPS) is 17.8. The third kappa shape index (κ3) is 3.01. The average molecular weight is 315 g/mol. The molecule has 1 saturated heterocycles. The van der Waals surface area contributed by atoms with E-state index in [0.717, 1.165) is 21.9 Å². The van der Waals surface area contributed by atoms with Crippen molar-refractivity contribution < 1.29 is 9.59 Å². The van der Waals surface area contributed by atoms with Crippen LogP contribution >= 0.6 is 11.5 Å². The number of carbonyl (C=O) groups excluding carboxylic acids is 2. The zero-order valence-electron chi connectivity index (χ0n) is 12.5. The monoisotopic (exact) mass is 315 g/mol. The van der Waals surface area contributed by atoms with Gasteiger partial charge in [0, 0.05) is 18.7 Å². The summed E-state index contributed by atoms with van der Waals surface area (Å²) < 4.78 is 4.13. The molecule has 0 spiro atoms. The summed E-state index contributed by atoms with van der Waals surface area (Å²) in [5, 5.41) is 3.57. The van der Waals surface area contributed by atoms with Crippen molar-refractivity contribution in [3.8, 4) is 0 Å². The molecule has 1 N–H and O–H groups in total. The molecule has 3 rings (SSSR count). The summed E-state index contributed by atoms with van der Waals surface area (Å²) in [5.41, 5.74) is 2.87. The van der Waals surface area contributed by atoms with E-state index in [1.165, 1.54) is 11.5 Å². The molecule has 5 nitrogen and oxygen atoms in total. The standard InChI is InChI=1S/C16H17N3O2S/c1-10-3-5-13(6-4-10)19-9-12(8-15(19)20)16(21)17-14-7-11(2)18-22-14/h3-7,12H,8-9H2,1-2H3,(H,17,21). The lowest BCUT2D eigenvalue weighted by Gasteiger charge is -2.16. The Kier molecular flexibility index (Phi) is 3.94. The third-order valence-electron chi connectivity index (χ3n) is 3.72. The van der Waals surface area contributed by atoms with E-state index in [-0.39, 0.29) is 24.2 Å². The topological polar surface area (TPSA) is 62.3 Å². The minimum atomic E-state index is -0.323. The fraction of sp³-hybridized carbons (Fsp3) is 0.312. The number of carbonyl (C=O) groups is 2. The Bertz CT molecular complexity index is 708. The Labute approximate surface area is 133 Å². The lowest BCUT2D eigenvalue weighted by Crippen LogP contribution is -2.27. The minimum absolute atomic E-state index is 0.00973. The van der Waals surface area contributed by atoms with Crippen molar-refractivity contribution in [1.82, 2.24) is 4.37 Å². The number of nitrogens with zero attached hydrogens (tertiary/aromatic N) is 2. The Morgan fingerprint density at radius 1 is 1.32 bits per heavy atom. The number of amides is 2. The Hall–Kier alpha value is -2.21. The third-order valence-corrected chi connectivity index (χ3v) is 4.51. The van der Waals surface area contributed by atoms with Crippen LogP contribution < -0.4 is 10.2 Å². The van der Waals surface area contributed by atoms with Gasteiger partial charge in [-0.3, -0.25) is 9.59 Å². The van der Waals surface area contributed by atoms with Crippen LogP contribution in [-0.2, 0) is 9.59 Å². The van der Waals surface area contributed by atoms with Crippen molar-refractivity contribution in [2.75, 3.05) is 16.8 Å². The van der Waals surface area contributed by atoms with Crippen molar-refractivity contribution in [2.24, 2.45) is 5.92 Å². The van der Waals surface area contributed by atoms with Gasteiger partial charge in [0.05, 0.1) is 11.6 Å². The quantitative estimate of drug-likeness (QED) is 0.947. The molecule has 1 aromatic carbocycles. The number of benzene rings is 1. The summed E-state index contributed by atoms with van der Waals surface area (Å²) in [4.78, 5) is 26.1. The highest BCUT2D eigenvalue weighted by atomic mass is 32.1. The molecule has 1 aliphatic heterocycles. The van der Waals surface area contributed by atoms with Crippen molar-refractivity contribution in [1.29, 1.82) is 0 Å². The van der Waals surface area contributed by atoms with Crippen LogP contribution in [0.25, 0.3) is 0 Å². The molecule has 1 fully saturated rings. The first-order chi connectivity index (χ1) is 10.5. The van der Waals surface area contributed by atoms with Gasteiger partial charge in [0.1, 0.15) is 5.00 Å². The molecule has 0 bridgehead atoms. The molecule has 22 heavy (non-hydrogen) atoms. The second-order valence-electron chi connectivity index (χ2n) is 5.56. The molecule has 2 heterocycles. The zero-order chi connectivity index (χ0) is 15.7. The number of anilines is 2. The number of rotatable bonds is 3. The maximum absolute atomic E-state index is 12.3. The van der Waals surface area contributed by atoms with Crippen molar-refractivity contribution in [2.45, 2.75) is 20.3 Å². The second-order valence-corrected chi connectivity index (χ2v) is 6.37. The molecule has 114 valence electrons. The number of hydrogen-bond acceptors (Lipinski definition) is 4. The molecule has 0 aliphatic carbocycles. The first-order valence-electron chi connectivity index (χ1n) is 7.14. The van der Waals surface area contributed by atoms with E-state index in [9.17, 15) is 9.59 Å². The van der Waals surface area contributed by atoms with Crippen LogP contribution in [0.4, 0.5) is 10.7 Å².